The lowest BCUT2D eigenvalue weighted by molar-refractivity contribution is 0.301. The normalized spacial score (nSPS) is 18.9. The Morgan fingerprint density at radius 1 is 0.939 bits per heavy atom. The molecular formula is C26H34N4O2S. The maximum atomic E-state index is 11.9. The number of hydrogen-bond donors (Lipinski definition) is 2. The maximum Gasteiger partial charge on any atom is 0.225 e. The van der Waals surface area contributed by atoms with Crippen LogP contribution < -0.4 is 10.6 Å². The highest BCUT2D eigenvalue weighted by atomic mass is 32.2. The summed E-state index contributed by atoms with van der Waals surface area (Å²) >= 11 is 0. The average Bonchev–Trinajstić information content (AvgIpc) is 2.83. The molecule has 0 atom stereocenters. The Balaban J connectivity index is 1.43. The molecule has 1 aliphatic rings. The Labute approximate surface area is 197 Å². The molecular weight excluding hydrogens is 432 g/mol. The van der Waals surface area contributed by atoms with E-state index in [0.717, 1.165) is 54.5 Å². The van der Waals surface area contributed by atoms with E-state index in [0.29, 0.717) is 23.5 Å². The largest absolute Gasteiger partial charge is 0.372 e. The van der Waals surface area contributed by atoms with Gasteiger partial charge in [-0.3, -0.25) is 0 Å². The van der Waals surface area contributed by atoms with Crippen LogP contribution in [0.25, 0.3) is 22.0 Å². The molecule has 1 aromatic heterocycles. The topological polar surface area (TPSA) is 84.0 Å². The van der Waals surface area contributed by atoms with Crippen molar-refractivity contribution in [2.45, 2.75) is 39.5 Å². The summed E-state index contributed by atoms with van der Waals surface area (Å²) in [6.45, 7) is 4.63. The Bertz CT molecular complexity index is 1200. The minimum Gasteiger partial charge on any atom is -0.372 e. The first-order valence-corrected chi connectivity index (χ1v) is 13.7. The van der Waals surface area contributed by atoms with Gasteiger partial charge in [0.15, 0.2) is 0 Å². The summed E-state index contributed by atoms with van der Waals surface area (Å²) in [7, 11) is -1.00. The van der Waals surface area contributed by atoms with E-state index in [9.17, 15) is 8.42 Å². The summed E-state index contributed by atoms with van der Waals surface area (Å²) in [5, 5.41) is 7.65. The molecule has 2 aromatic carbocycles. The van der Waals surface area contributed by atoms with Crippen molar-refractivity contribution in [1.82, 2.24) is 9.97 Å². The van der Waals surface area contributed by atoms with E-state index in [4.69, 9.17) is 9.97 Å². The van der Waals surface area contributed by atoms with E-state index in [-0.39, 0.29) is 5.75 Å². The Morgan fingerprint density at radius 2 is 1.61 bits per heavy atom. The highest BCUT2D eigenvalue weighted by Crippen LogP contribution is 2.31. The van der Waals surface area contributed by atoms with Crippen molar-refractivity contribution in [3.05, 3.63) is 48.0 Å². The lowest BCUT2D eigenvalue weighted by atomic mass is 9.83. The summed E-state index contributed by atoms with van der Waals surface area (Å²) in [4.78, 5) is 9.46. The number of nitrogens with zero attached hydrogens (tertiary/aromatic N) is 2. The molecule has 1 fully saturated rings. The van der Waals surface area contributed by atoms with Gasteiger partial charge in [-0.2, -0.15) is 4.98 Å². The number of anilines is 2. The van der Waals surface area contributed by atoms with Gasteiger partial charge in [-0.05, 0) is 67.7 Å². The van der Waals surface area contributed by atoms with Crippen molar-refractivity contribution in [3.8, 4) is 11.1 Å². The zero-order chi connectivity index (χ0) is 23.4. The zero-order valence-corrected chi connectivity index (χ0v) is 20.6. The molecule has 0 spiro atoms. The Morgan fingerprint density at radius 3 is 2.27 bits per heavy atom. The first kappa shape index (κ1) is 23.5. The first-order valence-electron chi connectivity index (χ1n) is 11.9. The van der Waals surface area contributed by atoms with E-state index < -0.39 is 9.84 Å². The van der Waals surface area contributed by atoms with Crippen LogP contribution in [0.2, 0.25) is 0 Å². The van der Waals surface area contributed by atoms with Crippen LogP contribution in [0.4, 0.5) is 11.8 Å². The molecule has 0 saturated heterocycles. The number of aromatic nitrogens is 2. The minimum atomic E-state index is -2.89. The SMILES string of the molecule is CCS(=O)(=O)CC1CCC(CNc2nc(NC)c3cc(-c4ccc(C)cc4)ccc3n2)CC1. The van der Waals surface area contributed by atoms with E-state index >= 15 is 0 Å². The number of benzene rings is 2. The fourth-order valence-electron chi connectivity index (χ4n) is 4.64. The van der Waals surface area contributed by atoms with Crippen LogP contribution in [0.1, 0.15) is 38.2 Å². The van der Waals surface area contributed by atoms with Gasteiger partial charge in [0.1, 0.15) is 15.7 Å². The minimum absolute atomic E-state index is 0.244. The van der Waals surface area contributed by atoms with Gasteiger partial charge in [-0.25, -0.2) is 13.4 Å². The van der Waals surface area contributed by atoms with Crippen molar-refractivity contribution >= 4 is 32.5 Å². The molecule has 0 radical (unpaired) electrons. The van der Waals surface area contributed by atoms with Gasteiger partial charge in [0.05, 0.1) is 11.3 Å². The molecule has 7 heteroatoms. The number of aryl methyl sites for hydroxylation is 1. The Kier molecular flexibility index (Phi) is 7.17. The van der Waals surface area contributed by atoms with Crippen molar-refractivity contribution < 1.29 is 8.42 Å². The molecule has 6 nitrogen and oxygen atoms in total. The van der Waals surface area contributed by atoms with E-state index in [1.807, 2.05) is 7.05 Å². The van der Waals surface area contributed by atoms with Crippen LogP contribution >= 0.6 is 0 Å². The summed E-state index contributed by atoms with van der Waals surface area (Å²) in [5.41, 5.74) is 4.47. The second-order valence-corrected chi connectivity index (χ2v) is 11.6. The Hall–Kier alpha value is -2.67. The maximum absolute atomic E-state index is 11.9. The third-order valence-corrected chi connectivity index (χ3v) is 8.62. The predicted octanol–water partition coefficient (Wildman–Crippen LogP) is 5.30. The zero-order valence-electron chi connectivity index (χ0n) is 19.8. The second kappa shape index (κ2) is 10.1. The molecule has 1 heterocycles. The summed E-state index contributed by atoms with van der Waals surface area (Å²) < 4.78 is 23.8. The molecule has 0 unspecified atom stereocenters. The average molecular weight is 467 g/mol. The summed E-state index contributed by atoms with van der Waals surface area (Å²) in [5.74, 6) is 2.85. The quantitative estimate of drug-likeness (QED) is 0.469. The van der Waals surface area contributed by atoms with E-state index in [1.165, 1.54) is 11.1 Å². The standard InChI is InChI=1S/C26H34N4O2S/c1-4-33(31,32)17-20-9-7-19(8-10-20)16-28-26-29-24-14-13-22(15-23(24)25(27-3)30-26)21-11-5-18(2)6-12-21/h5-6,11-15,19-20H,4,7-10,16-17H2,1-3H3,(H2,27,28,29,30). The molecule has 176 valence electrons. The molecule has 4 rings (SSSR count). The van der Waals surface area contributed by atoms with E-state index in [2.05, 4.69) is 60.0 Å². The van der Waals surface area contributed by atoms with Crippen molar-refractivity contribution in [2.75, 3.05) is 35.7 Å². The second-order valence-electron chi connectivity index (χ2n) is 9.21. The molecule has 2 N–H and O–H groups in total. The van der Waals surface area contributed by atoms with Crippen molar-refractivity contribution in [1.29, 1.82) is 0 Å². The van der Waals surface area contributed by atoms with Gasteiger partial charge >= 0.3 is 0 Å². The van der Waals surface area contributed by atoms with Crippen LogP contribution in [-0.2, 0) is 9.84 Å². The van der Waals surface area contributed by atoms with Gasteiger partial charge in [-0.1, -0.05) is 42.8 Å². The van der Waals surface area contributed by atoms with Crippen LogP contribution in [0.3, 0.4) is 0 Å². The number of rotatable bonds is 8. The number of sulfone groups is 1. The van der Waals surface area contributed by atoms with Crippen LogP contribution in [0.15, 0.2) is 42.5 Å². The first-order chi connectivity index (χ1) is 15.9. The van der Waals surface area contributed by atoms with Gasteiger partial charge in [-0.15, -0.1) is 0 Å². The fraction of sp³-hybridized carbons (Fsp3) is 0.462. The fourth-order valence-corrected chi connectivity index (χ4v) is 5.93. The lowest BCUT2D eigenvalue weighted by Gasteiger charge is -2.28. The van der Waals surface area contributed by atoms with E-state index in [1.54, 1.807) is 6.92 Å². The molecule has 0 amide bonds. The third kappa shape index (κ3) is 5.82. The highest BCUT2D eigenvalue weighted by molar-refractivity contribution is 7.91. The molecule has 1 saturated carbocycles. The van der Waals surface area contributed by atoms with Crippen LogP contribution in [-0.4, -0.2) is 43.5 Å². The highest BCUT2D eigenvalue weighted by Gasteiger charge is 2.25. The van der Waals surface area contributed by atoms with Crippen LogP contribution in [0.5, 0.6) is 0 Å². The monoisotopic (exact) mass is 466 g/mol. The molecule has 33 heavy (non-hydrogen) atoms. The number of hydrogen-bond acceptors (Lipinski definition) is 6. The molecule has 0 aliphatic heterocycles. The van der Waals surface area contributed by atoms with Gasteiger partial charge in [0.2, 0.25) is 5.95 Å². The lowest BCUT2D eigenvalue weighted by Crippen LogP contribution is -2.26. The van der Waals surface area contributed by atoms with Crippen molar-refractivity contribution in [3.63, 3.8) is 0 Å². The molecule has 1 aliphatic carbocycles. The van der Waals surface area contributed by atoms with Gasteiger partial charge in [0, 0.05) is 24.7 Å². The number of nitrogens with one attached hydrogen (secondary N) is 2. The van der Waals surface area contributed by atoms with Gasteiger partial charge < -0.3 is 10.6 Å². The number of fused-ring (bicyclic) bond motifs is 1. The predicted molar refractivity (Wildman–Crippen MR) is 138 cm³/mol. The van der Waals surface area contributed by atoms with Gasteiger partial charge in [0.25, 0.3) is 0 Å². The van der Waals surface area contributed by atoms with Crippen molar-refractivity contribution in [2.24, 2.45) is 11.8 Å². The van der Waals surface area contributed by atoms with Crippen LogP contribution in [0, 0.1) is 18.8 Å². The molecule has 3 aromatic rings. The molecule has 0 bridgehead atoms. The summed E-state index contributed by atoms with van der Waals surface area (Å²) in [6.07, 6.45) is 4.05. The summed E-state index contributed by atoms with van der Waals surface area (Å²) in [6, 6.07) is 14.8. The third-order valence-electron chi connectivity index (χ3n) is 6.76. The smallest absolute Gasteiger partial charge is 0.225 e.